The van der Waals surface area contributed by atoms with Gasteiger partial charge in [0.1, 0.15) is 17.4 Å². The van der Waals surface area contributed by atoms with Crippen LogP contribution in [0.2, 0.25) is 0 Å². The fourth-order valence-electron chi connectivity index (χ4n) is 4.60. The molecule has 3 aromatic rings. The van der Waals surface area contributed by atoms with Gasteiger partial charge in [0.05, 0.1) is 11.0 Å². The summed E-state index contributed by atoms with van der Waals surface area (Å²) in [5.74, 6) is -0.899. The number of fused-ring (bicyclic) bond motifs is 1. The van der Waals surface area contributed by atoms with Crippen molar-refractivity contribution in [1.82, 2.24) is 9.34 Å². The third-order valence-electron chi connectivity index (χ3n) is 6.62. The number of nitro groups is 1. The molecule has 0 spiro atoms. The Labute approximate surface area is 205 Å². The van der Waals surface area contributed by atoms with Gasteiger partial charge in [-0.1, -0.05) is 12.1 Å². The number of nitrogens with zero attached hydrogens (tertiary/aromatic N) is 3. The van der Waals surface area contributed by atoms with Crippen LogP contribution in [0.5, 0.6) is 11.5 Å². The zero-order chi connectivity index (χ0) is 25.0. The molecule has 3 aliphatic rings. The van der Waals surface area contributed by atoms with Crippen LogP contribution in [0, 0.1) is 21.7 Å². The molecule has 0 radical (unpaired) electrons. The van der Waals surface area contributed by atoms with Crippen LogP contribution < -0.4 is 4.74 Å². The lowest BCUT2D eigenvalue weighted by molar-refractivity contribution is -0.385. The second kappa shape index (κ2) is 8.74. The van der Waals surface area contributed by atoms with Gasteiger partial charge in [0.25, 0.3) is 0 Å². The number of hydrogen-bond acceptors (Lipinski definition) is 5. The maximum absolute atomic E-state index is 14.9. The number of nitro benzene ring substituents is 1. The molecular weight excluding hydrogens is 491 g/mol. The first-order chi connectivity index (χ1) is 17.3. The second-order valence-corrected chi connectivity index (χ2v) is 11.3. The van der Waals surface area contributed by atoms with E-state index in [4.69, 9.17) is 9.26 Å². The molecule has 36 heavy (non-hydrogen) atoms. The van der Waals surface area contributed by atoms with Crippen molar-refractivity contribution in [3.05, 3.63) is 87.5 Å². The molecule has 0 aromatic heterocycles. The van der Waals surface area contributed by atoms with E-state index in [0.717, 1.165) is 32.2 Å². The molecule has 2 saturated heterocycles. The van der Waals surface area contributed by atoms with Gasteiger partial charge in [-0.25, -0.2) is 18.1 Å². The zero-order valence-electron chi connectivity index (χ0n) is 19.1. The van der Waals surface area contributed by atoms with Crippen molar-refractivity contribution in [2.24, 2.45) is 0 Å². The Hall–Kier alpha value is -3.17. The molecule has 2 aliphatic heterocycles. The Balaban J connectivity index is 1.31. The Bertz CT molecular complexity index is 1390. The summed E-state index contributed by atoms with van der Waals surface area (Å²) in [5, 5.41) is 11.8. The molecule has 8 nitrogen and oxygen atoms in total. The van der Waals surface area contributed by atoms with Crippen LogP contribution in [0.3, 0.4) is 0 Å². The van der Waals surface area contributed by atoms with E-state index in [2.05, 4.69) is 0 Å². The first-order valence-corrected chi connectivity index (χ1v) is 13.2. The van der Waals surface area contributed by atoms with Crippen molar-refractivity contribution in [3.8, 4) is 22.6 Å². The van der Waals surface area contributed by atoms with Gasteiger partial charge in [-0.3, -0.25) is 19.2 Å². The van der Waals surface area contributed by atoms with Crippen molar-refractivity contribution in [3.63, 3.8) is 0 Å². The van der Waals surface area contributed by atoms with Gasteiger partial charge in [-0.15, -0.1) is 0 Å². The van der Waals surface area contributed by atoms with Crippen molar-refractivity contribution >= 4 is 13.4 Å². The summed E-state index contributed by atoms with van der Waals surface area (Å²) in [4.78, 5) is 11.2. The Kier molecular flexibility index (Phi) is 5.64. The van der Waals surface area contributed by atoms with Crippen LogP contribution in [0.15, 0.2) is 54.6 Å². The van der Waals surface area contributed by atoms with E-state index in [1.54, 1.807) is 6.07 Å². The largest absolute Gasteiger partial charge is 0.450 e. The average Bonchev–Trinajstić information content (AvgIpc) is 3.77. The van der Waals surface area contributed by atoms with Gasteiger partial charge in [-0.2, -0.15) is 0 Å². The van der Waals surface area contributed by atoms with Gasteiger partial charge < -0.3 is 4.74 Å². The molecule has 1 aliphatic carbocycles. The van der Waals surface area contributed by atoms with Gasteiger partial charge in [0.15, 0.2) is 0 Å². The summed E-state index contributed by atoms with van der Waals surface area (Å²) < 4.78 is 57.4. The molecule has 1 atom stereocenters. The molecule has 1 unspecified atom stereocenters. The molecule has 0 bridgehead atoms. The number of ether oxygens (including phenoxy) is 1. The van der Waals surface area contributed by atoms with Gasteiger partial charge >= 0.3 is 13.4 Å². The molecular formula is C25H22F2N3O5P. The molecule has 3 aromatic carbocycles. The van der Waals surface area contributed by atoms with E-state index in [1.807, 2.05) is 9.34 Å². The van der Waals surface area contributed by atoms with E-state index < -0.39 is 30.3 Å². The minimum Gasteiger partial charge on any atom is -0.450 e. The summed E-state index contributed by atoms with van der Waals surface area (Å²) in [7, 11) is -3.08. The lowest BCUT2D eigenvalue weighted by Gasteiger charge is -2.24. The quantitative estimate of drug-likeness (QED) is 0.156. The summed E-state index contributed by atoms with van der Waals surface area (Å²) in [6.07, 6.45) is 0.469. The monoisotopic (exact) mass is 513 g/mol. The van der Waals surface area contributed by atoms with Gasteiger partial charge in [-0.05, 0) is 54.3 Å². The SMILES string of the molecule is O=[N+]([O-])c1ccc2c(c1Oc1ccc(-c3ccc(F)cc3)c(F)c1)CCC2OP(=O)(N1CC1)N1CC1. The third kappa shape index (κ3) is 4.20. The first-order valence-electron chi connectivity index (χ1n) is 11.7. The van der Waals surface area contributed by atoms with Crippen LogP contribution in [0.4, 0.5) is 14.5 Å². The Morgan fingerprint density at radius 2 is 1.67 bits per heavy atom. The predicted molar refractivity (Wildman–Crippen MR) is 128 cm³/mol. The molecule has 6 rings (SSSR count). The lowest BCUT2D eigenvalue weighted by atomic mass is 10.0. The van der Waals surface area contributed by atoms with Crippen LogP contribution in [0.25, 0.3) is 11.1 Å². The van der Waals surface area contributed by atoms with Crippen molar-refractivity contribution in [2.75, 3.05) is 26.2 Å². The minimum atomic E-state index is -3.08. The van der Waals surface area contributed by atoms with Crippen LogP contribution in [-0.2, 0) is 15.5 Å². The third-order valence-corrected chi connectivity index (χ3v) is 9.38. The smallest absolute Gasteiger partial charge is 0.346 e. The van der Waals surface area contributed by atoms with E-state index in [9.17, 15) is 23.5 Å². The maximum atomic E-state index is 14.9. The van der Waals surface area contributed by atoms with Gasteiger partial charge in [0.2, 0.25) is 5.75 Å². The highest BCUT2D eigenvalue weighted by Crippen LogP contribution is 2.64. The second-order valence-electron chi connectivity index (χ2n) is 9.02. The van der Waals surface area contributed by atoms with Crippen LogP contribution >= 0.6 is 7.67 Å². The predicted octanol–water partition coefficient (Wildman–Crippen LogP) is 6.08. The Morgan fingerprint density at radius 1 is 0.972 bits per heavy atom. The molecule has 0 amide bonds. The molecule has 0 N–H and O–H groups in total. The molecule has 2 fully saturated rings. The zero-order valence-corrected chi connectivity index (χ0v) is 20.0. The van der Waals surface area contributed by atoms with Gasteiger partial charge in [0, 0.05) is 49.4 Å². The number of halogens is 2. The standard InChI is InChI=1S/C25H22F2N3O5P/c26-17-3-1-16(2-4-17)19-6-5-18(15-22(19)27)34-25-21-8-10-24(20(21)7-9-23(25)30(31)32)35-36(33,28-11-12-28)29-13-14-29/h1-7,9,15,24H,8,10-14H2. The highest BCUT2D eigenvalue weighted by Gasteiger charge is 2.51. The topological polar surface area (TPSA) is 84.7 Å². The molecule has 11 heteroatoms. The van der Waals surface area contributed by atoms with Crippen LogP contribution in [0.1, 0.15) is 23.7 Å². The van der Waals surface area contributed by atoms with Crippen molar-refractivity contribution in [2.45, 2.75) is 18.9 Å². The van der Waals surface area contributed by atoms with E-state index in [0.29, 0.717) is 29.5 Å². The van der Waals surface area contributed by atoms with Crippen LogP contribution in [-0.4, -0.2) is 40.4 Å². The number of hydrogen-bond donors (Lipinski definition) is 0. The van der Waals surface area contributed by atoms with Crippen molar-refractivity contribution < 1.29 is 27.5 Å². The summed E-state index contributed by atoms with van der Waals surface area (Å²) >= 11 is 0. The molecule has 2 heterocycles. The highest BCUT2D eigenvalue weighted by molar-refractivity contribution is 7.54. The molecule has 186 valence electrons. The summed E-state index contributed by atoms with van der Waals surface area (Å²) in [6.45, 7) is 2.89. The molecule has 0 saturated carbocycles. The van der Waals surface area contributed by atoms with E-state index in [1.165, 1.54) is 42.5 Å². The van der Waals surface area contributed by atoms with E-state index >= 15 is 0 Å². The van der Waals surface area contributed by atoms with Crippen molar-refractivity contribution in [1.29, 1.82) is 0 Å². The average molecular weight is 513 g/mol. The minimum absolute atomic E-state index is 0.0332. The summed E-state index contributed by atoms with van der Waals surface area (Å²) in [6, 6.07) is 12.6. The van der Waals surface area contributed by atoms with E-state index in [-0.39, 0.29) is 22.7 Å². The highest BCUT2D eigenvalue weighted by atomic mass is 31.2. The Morgan fingerprint density at radius 3 is 2.28 bits per heavy atom. The maximum Gasteiger partial charge on any atom is 0.346 e. The fraction of sp³-hybridized carbons (Fsp3) is 0.280. The summed E-state index contributed by atoms with van der Waals surface area (Å²) in [5.41, 5.74) is 1.81. The number of rotatable bonds is 8. The lowest BCUT2D eigenvalue weighted by Crippen LogP contribution is -2.11. The first kappa shape index (κ1) is 23.2. The number of benzene rings is 3. The fourth-order valence-corrected chi connectivity index (χ4v) is 6.97. The normalized spacial score (nSPS) is 19.2.